The highest BCUT2D eigenvalue weighted by molar-refractivity contribution is 7.15. The van der Waals surface area contributed by atoms with Gasteiger partial charge in [-0.25, -0.2) is 9.97 Å². The average Bonchev–Trinajstić information content (AvgIpc) is 3.31. The third-order valence-corrected chi connectivity index (χ3v) is 5.07. The second-order valence-corrected chi connectivity index (χ2v) is 7.51. The van der Waals surface area contributed by atoms with Crippen molar-refractivity contribution in [3.63, 3.8) is 0 Å². The van der Waals surface area contributed by atoms with Crippen molar-refractivity contribution in [2.75, 3.05) is 5.32 Å². The highest BCUT2D eigenvalue weighted by Crippen LogP contribution is 2.37. The molecule has 1 aromatic carbocycles. The Morgan fingerprint density at radius 2 is 1.77 bits per heavy atom. The molecule has 0 saturated heterocycles. The first-order chi connectivity index (χ1) is 13.9. The lowest BCUT2D eigenvalue weighted by atomic mass is 10.0. The quantitative estimate of drug-likeness (QED) is 0.548. The molecule has 5 nitrogen and oxygen atoms in total. The SMILES string of the molecule is CC(C(=O)Nc1ncc(Cc2cc(C(F)(F)F)cc(C(F)(F)F)c2)s1)n1ccnc1. The summed E-state index contributed by atoms with van der Waals surface area (Å²) in [6, 6.07) is 0.847. The summed E-state index contributed by atoms with van der Waals surface area (Å²) in [7, 11) is 0. The topological polar surface area (TPSA) is 59.8 Å². The molecule has 0 radical (unpaired) electrons. The van der Waals surface area contributed by atoms with Crippen molar-refractivity contribution in [2.24, 2.45) is 0 Å². The van der Waals surface area contributed by atoms with Crippen LogP contribution < -0.4 is 5.32 Å². The molecule has 1 N–H and O–H groups in total. The van der Waals surface area contributed by atoms with Crippen LogP contribution in [0.3, 0.4) is 0 Å². The molecule has 0 bridgehead atoms. The van der Waals surface area contributed by atoms with Crippen LogP contribution in [0.15, 0.2) is 43.1 Å². The number of nitrogens with zero attached hydrogens (tertiary/aromatic N) is 3. The van der Waals surface area contributed by atoms with Gasteiger partial charge in [0.25, 0.3) is 0 Å². The minimum atomic E-state index is -4.91. The molecular formula is C18H14F6N4OS. The Morgan fingerprint density at radius 1 is 1.13 bits per heavy atom. The maximum Gasteiger partial charge on any atom is 0.416 e. The van der Waals surface area contributed by atoms with Crippen molar-refractivity contribution in [1.82, 2.24) is 14.5 Å². The number of amides is 1. The molecule has 3 aromatic rings. The number of aromatic nitrogens is 3. The van der Waals surface area contributed by atoms with Gasteiger partial charge >= 0.3 is 12.4 Å². The fraction of sp³-hybridized carbons (Fsp3) is 0.278. The van der Waals surface area contributed by atoms with Gasteiger partial charge in [-0.1, -0.05) is 0 Å². The molecule has 12 heteroatoms. The van der Waals surface area contributed by atoms with Gasteiger partial charge in [0.15, 0.2) is 5.13 Å². The lowest BCUT2D eigenvalue weighted by Gasteiger charge is -2.14. The maximum atomic E-state index is 13.0. The maximum absolute atomic E-state index is 13.0. The van der Waals surface area contributed by atoms with Crippen LogP contribution in [0.1, 0.15) is 34.5 Å². The van der Waals surface area contributed by atoms with Crippen molar-refractivity contribution >= 4 is 22.4 Å². The van der Waals surface area contributed by atoms with E-state index in [1.165, 1.54) is 18.7 Å². The summed E-state index contributed by atoms with van der Waals surface area (Å²) in [4.78, 5) is 20.5. The Morgan fingerprint density at radius 3 is 2.30 bits per heavy atom. The molecule has 0 fully saturated rings. The molecule has 30 heavy (non-hydrogen) atoms. The summed E-state index contributed by atoms with van der Waals surface area (Å²) in [6.45, 7) is 1.63. The highest BCUT2D eigenvalue weighted by atomic mass is 32.1. The number of carbonyl (C=O) groups is 1. The predicted molar refractivity (Wildman–Crippen MR) is 96.9 cm³/mol. The van der Waals surface area contributed by atoms with E-state index in [1.54, 1.807) is 17.7 Å². The Hall–Kier alpha value is -2.89. The van der Waals surface area contributed by atoms with Gasteiger partial charge in [-0.15, -0.1) is 11.3 Å². The molecule has 0 aliphatic carbocycles. The van der Waals surface area contributed by atoms with Gasteiger partial charge in [0.2, 0.25) is 5.91 Å². The largest absolute Gasteiger partial charge is 0.416 e. The number of alkyl halides is 6. The molecule has 2 heterocycles. The zero-order valence-corrected chi connectivity index (χ0v) is 16.1. The van der Waals surface area contributed by atoms with Crippen LogP contribution in [0.2, 0.25) is 0 Å². The van der Waals surface area contributed by atoms with E-state index in [4.69, 9.17) is 0 Å². The van der Waals surface area contributed by atoms with Crippen LogP contribution in [0.4, 0.5) is 31.5 Å². The molecule has 160 valence electrons. The number of nitrogens with one attached hydrogen (secondary N) is 1. The van der Waals surface area contributed by atoms with E-state index in [2.05, 4.69) is 15.3 Å². The zero-order chi connectivity index (χ0) is 22.1. The van der Waals surface area contributed by atoms with Gasteiger partial charge in [0, 0.05) is 29.9 Å². The van der Waals surface area contributed by atoms with Gasteiger partial charge in [0.1, 0.15) is 6.04 Å². The predicted octanol–water partition coefficient (Wildman–Crippen LogP) is 5.17. The second-order valence-electron chi connectivity index (χ2n) is 6.40. The van der Waals surface area contributed by atoms with Crippen molar-refractivity contribution in [3.8, 4) is 0 Å². The molecule has 3 rings (SSSR count). The third-order valence-electron chi connectivity index (χ3n) is 4.16. The minimum absolute atomic E-state index is 0.0827. The Kier molecular flexibility index (Phi) is 5.88. The van der Waals surface area contributed by atoms with Gasteiger partial charge < -0.3 is 9.88 Å². The number of carbonyl (C=O) groups excluding carboxylic acids is 1. The Bertz CT molecular complexity index is 994. The number of benzene rings is 1. The molecule has 1 atom stereocenters. The summed E-state index contributed by atoms with van der Waals surface area (Å²) in [5.41, 5.74) is -2.91. The fourth-order valence-corrected chi connectivity index (χ4v) is 3.46. The normalized spacial score (nSPS) is 13.3. The number of hydrogen-bond donors (Lipinski definition) is 1. The lowest BCUT2D eigenvalue weighted by molar-refractivity contribution is -0.143. The first-order valence-corrected chi connectivity index (χ1v) is 9.26. The molecule has 0 saturated carbocycles. The van der Waals surface area contributed by atoms with E-state index in [0.29, 0.717) is 17.0 Å². The van der Waals surface area contributed by atoms with Crippen LogP contribution in [0, 0.1) is 0 Å². The first kappa shape index (κ1) is 21.8. The van der Waals surface area contributed by atoms with Gasteiger partial charge in [-0.2, -0.15) is 26.3 Å². The second kappa shape index (κ2) is 8.09. The molecule has 0 spiro atoms. The lowest BCUT2D eigenvalue weighted by Crippen LogP contribution is -2.22. The molecule has 1 amide bonds. The van der Waals surface area contributed by atoms with E-state index in [9.17, 15) is 31.1 Å². The van der Waals surface area contributed by atoms with Gasteiger partial charge in [0.05, 0.1) is 17.5 Å². The van der Waals surface area contributed by atoms with Crippen LogP contribution in [0.5, 0.6) is 0 Å². The van der Waals surface area contributed by atoms with E-state index < -0.39 is 35.4 Å². The number of anilines is 1. The van der Waals surface area contributed by atoms with Crippen molar-refractivity contribution in [2.45, 2.75) is 31.7 Å². The summed E-state index contributed by atoms with van der Waals surface area (Å²) < 4.78 is 79.5. The molecule has 2 aromatic heterocycles. The van der Waals surface area contributed by atoms with E-state index in [1.807, 2.05) is 0 Å². The van der Waals surface area contributed by atoms with Crippen LogP contribution >= 0.6 is 11.3 Å². The van der Waals surface area contributed by atoms with Gasteiger partial charge in [-0.05, 0) is 30.7 Å². The van der Waals surface area contributed by atoms with E-state index in [0.717, 1.165) is 11.3 Å². The van der Waals surface area contributed by atoms with Gasteiger partial charge in [-0.3, -0.25) is 4.79 Å². The van der Waals surface area contributed by atoms with Crippen molar-refractivity contribution in [3.05, 3.63) is 64.7 Å². The monoisotopic (exact) mass is 448 g/mol. The first-order valence-electron chi connectivity index (χ1n) is 8.45. The smallest absolute Gasteiger partial charge is 0.325 e. The molecule has 0 aliphatic rings. The van der Waals surface area contributed by atoms with Crippen molar-refractivity contribution in [1.29, 1.82) is 0 Å². The summed E-state index contributed by atoms with van der Waals surface area (Å²) >= 11 is 0.967. The number of rotatable bonds is 5. The van der Waals surface area contributed by atoms with E-state index >= 15 is 0 Å². The van der Waals surface area contributed by atoms with Crippen LogP contribution in [0.25, 0.3) is 0 Å². The number of hydrogen-bond acceptors (Lipinski definition) is 4. The highest BCUT2D eigenvalue weighted by Gasteiger charge is 2.36. The zero-order valence-electron chi connectivity index (χ0n) is 15.3. The average molecular weight is 448 g/mol. The molecule has 1 unspecified atom stereocenters. The summed E-state index contributed by atoms with van der Waals surface area (Å²) in [6.07, 6.45) is -4.14. The molecule has 0 aliphatic heterocycles. The summed E-state index contributed by atoms with van der Waals surface area (Å²) in [5, 5.41) is 2.75. The Labute approximate surface area is 170 Å². The summed E-state index contributed by atoms with van der Waals surface area (Å²) in [5.74, 6) is -0.396. The molecular weight excluding hydrogens is 434 g/mol. The van der Waals surface area contributed by atoms with Crippen molar-refractivity contribution < 1.29 is 31.1 Å². The number of imidazole rings is 1. The minimum Gasteiger partial charge on any atom is -0.325 e. The van der Waals surface area contributed by atoms with Crippen LogP contribution in [-0.2, 0) is 23.6 Å². The standard InChI is InChI=1S/C18H14F6N4OS/c1-10(28-3-2-25-9-28)15(29)27-16-26-8-14(30-16)6-11-4-12(17(19,20)21)7-13(5-11)18(22,23)24/h2-5,7-10H,6H2,1H3,(H,26,27,29). The Balaban J connectivity index is 1.77. The number of thiazole rings is 1. The third kappa shape index (κ3) is 5.17. The van der Waals surface area contributed by atoms with Crippen LogP contribution in [-0.4, -0.2) is 20.4 Å². The number of halogens is 6. The fourth-order valence-electron chi connectivity index (χ4n) is 2.61. The van der Waals surface area contributed by atoms with E-state index in [-0.39, 0.29) is 23.2 Å².